The fraction of sp³-hybridized carbons (Fsp3) is 0.846. The Morgan fingerprint density at radius 1 is 0.750 bits per heavy atom. The van der Waals surface area contributed by atoms with Crippen LogP contribution in [0, 0.1) is 53.3 Å². The second-order valence-electron chi connectivity index (χ2n) is 12.5. The van der Waals surface area contributed by atoms with E-state index in [1.54, 1.807) is 0 Å². The Labute approximate surface area is 169 Å². The molecule has 1 aromatic rings. The largest absolute Gasteiger partial charge is 0.466 e. The summed E-state index contributed by atoms with van der Waals surface area (Å²) in [6.07, 6.45) is 18.1. The molecule has 0 radical (unpaired) electrons. The van der Waals surface area contributed by atoms with Crippen molar-refractivity contribution in [2.75, 3.05) is 0 Å². The number of rotatable bonds is 3. The smallest absolute Gasteiger partial charge is 0.139 e. The van der Waals surface area contributed by atoms with Gasteiger partial charge in [0.1, 0.15) is 11.4 Å². The SMILES string of the molecule is Cc1ccoc1C(O)(C12CC3CC(CC(C3)C1)C2)C12CC3CC(CC(C3)C1)C2. The molecule has 1 aromatic heterocycles. The van der Waals surface area contributed by atoms with Gasteiger partial charge in [0.2, 0.25) is 0 Å². The van der Waals surface area contributed by atoms with E-state index in [1.165, 1.54) is 82.6 Å². The number of aliphatic hydroxyl groups is 1. The molecule has 0 amide bonds. The fourth-order valence-electron chi connectivity index (χ4n) is 10.9. The molecular formula is C26H36O2. The Kier molecular flexibility index (Phi) is 3.20. The molecule has 8 fully saturated rings. The van der Waals surface area contributed by atoms with Crippen molar-refractivity contribution in [2.45, 2.75) is 89.6 Å². The van der Waals surface area contributed by atoms with Gasteiger partial charge in [0.05, 0.1) is 6.26 Å². The molecule has 8 bridgehead atoms. The highest BCUT2D eigenvalue weighted by Crippen LogP contribution is 2.75. The van der Waals surface area contributed by atoms with Crippen molar-refractivity contribution in [2.24, 2.45) is 46.3 Å². The summed E-state index contributed by atoms with van der Waals surface area (Å²) in [6.45, 7) is 2.19. The maximum absolute atomic E-state index is 13.2. The minimum Gasteiger partial charge on any atom is -0.466 e. The monoisotopic (exact) mass is 380 g/mol. The highest BCUT2D eigenvalue weighted by Gasteiger charge is 2.71. The second-order valence-corrected chi connectivity index (χ2v) is 12.5. The van der Waals surface area contributed by atoms with Crippen LogP contribution >= 0.6 is 0 Å². The van der Waals surface area contributed by atoms with Crippen molar-refractivity contribution in [1.82, 2.24) is 0 Å². The maximum Gasteiger partial charge on any atom is 0.139 e. The van der Waals surface area contributed by atoms with Crippen molar-refractivity contribution >= 4 is 0 Å². The van der Waals surface area contributed by atoms with Crippen molar-refractivity contribution < 1.29 is 9.52 Å². The van der Waals surface area contributed by atoms with Crippen LogP contribution in [0.3, 0.4) is 0 Å². The zero-order valence-electron chi connectivity index (χ0n) is 17.5. The van der Waals surface area contributed by atoms with E-state index in [2.05, 4.69) is 13.0 Å². The number of aryl methyl sites for hydroxylation is 1. The van der Waals surface area contributed by atoms with Crippen LogP contribution in [-0.2, 0) is 5.60 Å². The van der Waals surface area contributed by atoms with Gasteiger partial charge in [0.15, 0.2) is 0 Å². The van der Waals surface area contributed by atoms with Crippen molar-refractivity contribution in [3.63, 3.8) is 0 Å². The lowest BCUT2D eigenvalue weighted by atomic mass is 9.36. The Morgan fingerprint density at radius 3 is 1.39 bits per heavy atom. The Hall–Kier alpha value is -0.760. The summed E-state index contributed by atoms with van der Waals surface area (Å²) in [5.41, 5.74) is 0.625. The van der Waals surface area contributed by atoms with E-state index >= 15 is 0 Å². The molecule has 8 saturated carbocycles. The topological polar surface area (TPSA) is 33.4 Å². The van der Waals surface area contributed by atoms with Crippen LogP contribution in [-0.4, -0.2) is 5.11 Å². The van der Waals surface area contributed by atoms with Crippen LogP contribution in [0.5, 0.6) is 0 Å². The van der Waals surface area contributed by atoms with Gasteiger partial charge in [-0.15, -0.1) is 0 Å². The van der Waals surface area contributed by atoms with Crippen LogP contribution in [0.25, 0.3) is 0 Å². The van der Waals surface area contributed by atoms with E-state index < -0.39 is 5.60 Å². The molecule has 28 heavy (non-hydrogen) atoms. The van der Waals surface area contributed by atoms with Crippen LogP contribution in [0.15, 0.2) is 16.7 Å². The van der Waals surface area contributed by atoms with Crippen molar-refractivity contribution in [3.05, 3.63) is 23.7 Å². The first-order valence-corrected chi connectivity index (χ1v) is 12.3. The molecule has 2 nitrogen and oxygen atoms in total. The molecule has 8 aliphatic carbocycles. The lowest BCUT2D eigenvalue weighted by molar-refractivity contribution is -0.284. The van der Waals surface area contributed by atoms with E-state index in [0.717, 1.165) is 41.3 Å². The first-order valence-electron chi connectivity index (χ1n) is 12.3. The second kappa shape index (κ2) is 5.29. The summed E-state index contributed by atoms with van der Waals surface area (Å²) in [4.78, 5) is 0. The van der Waals surface area contributed by atoms with E-state index in [-0.39, 0.29) is 10.8 Å². The predicted octanol–water partition coefficient (Wildman–Crippen LogP) is 6.21. The average Bonchev–Trinajstić information content (AvgIpc) is 3.05. The van der Waals surface area contributed by atoms with E-state index in [1.807, 2.05) is 6.26 Å². The normalized spacial score (nSPS) is 52.9. The van der Waals surface area contributed by atoms with Gasteiger partial charge >= 0.3 is 0 Å². The third kappa shape index (κ3) is 1.95. The molecule has 2 heteroatoms. The van der Waals surface area contributed by atoms with Gasteiger partial charge in [-0.25, -0.2) is 0 Å². The summed E-state index contributed by atoms with van der Waals surface area (Å²) >= 11 is 0. The molecule has 9 rings (SSSR count). The fourth-order valence-corrected chi connectivity index (χ4v) is 10.9. The zero-order valence-corrected chi connectivity index (χ0v) is 17.5. The third-order valence-electron chi connectivity index (χ3n) is 10.8. The number of hydrogen-bond donors (Lipinski definition) is 1. The van der Waals surface area contributed by atoms with Gasteiger partial charge in [0.25, 0.3) is 0 Å². The van der Waals surface area contributed by atoms with Gasteiger partial charge in [-0.05, 0) is 131 Å². The Bertz CT molecular complexity index is 687. The quantitative estimate of drug-likeness (QED) is 0.676. The van der Waals surface area contributed by atoms with E-state index in [9.17, 15) is 5.11 Å². The first-order chi connectivity index (χ1) is 13.5. The molecule has 0 saturated heterocycles. The summed E-state index contributed by atoms with van der Waals surface area (Å²) < 4.78 is 6.26. The van der Waals surface area contributed by atoms with Crippen molar-refractivity contribution in [1.29, 1.82) is 0 Å². The lowest BCUT2D eigenvalue weighted by Gasteiger charge is -2.70. The standard InChI is InChI=1S/C26H36O2/c1-16-2-3-28-23(16)26(27,24-10-17-4-18(11-24)6-19(5-17)12-24)25-13-20-7-21(14-25)9-22(8-20)15-25/h2-3,17-22,27H,4-15H2,1H3. The Morgan fingerprint density at radius 2 is 1.11 bits per heavy atom. The molecular weight excluding hydrogens is 344 g/mol. The summed E-state index contributed by atoms with van der Waals surface area (Å²) in [5.74, 6) is 6.16. The average molecular weight is 381 g/mol. The van der Waals surface area contributed by atoms with E-state index in [4.69, 9.17) is 4.42 Å². The maximum atomic E-state index is 13.2. The first kappa shape index (κ1) is 17.0. The van der Waals surface area contributed by atoms with E-state index in [0.29, 0.717) is 0 Å². The van der Waals surface area contributed by atoms with Crippen LogP contribution in [0.4, 0.5) is 0 Å². The van der Waals surface area contributed by atoms with Crippen LogP contribution in [0.2, 0.25) is 0 Å². The number of hydrogen-bond acceptors (Lipinski definition) is 2. The number of furan rings is 1. The molecule has 0 aliphatic heterocycles. The Balaban J connectivity index is 1.43. The molecule has 8 aliphatic rings. The van der Waals surface area contributed by atoms with Crippen LogP contribution in [0.1, 0.15) is 88.4 Å². The molecule has 152 valence electrons. The minimum absolute atomic E-state index is 0.0794. The highest BCUT2D eigenvalue weighted by molar-refractivity contribution is 5.32. The molecule has 0 spiro atoms. The molecule has 1 heterocycles. The molecule has 1 N–H and O–H groups in total. The molecule has 0 unspecified atom stereocenters. The minimum atomic E-state index is -0.737. The lowest BCUT2D eigenvalue weighted by Crippen LogP contribution is -2.67. The summed E-state index contributed by atoms with van der Waals surface area (Å²) in [6, 6.07) is 2.11. The highest BCUT2D eigenvalue weighted by atomic mass is 16.4. The summed E-state index contributed by atoms with van der Waals surface area (Å²) in [7, 11) is 0. The molecule has 0 aromatic carbocycles. The van der Waals surface area contributed by atoms with Gasteiger partial charge in [0, 0.05) is 10.8 Å². The predicted molar refractivity (Wildman–Crippen MR) is 109 cm³/mol. The van der Waals surface area contributed by atoms with Crippen LogP contribution < -0.4 is 0 Å². The molecule has 0 atom stereocenters. The zero-order chi connectivity index (χ0) is 18.7. The summed E-state index contributed by atoms with van der Waals surface area (Å²) in [5, 5.41) is 13.2. The van der Waals surface area contributed by atoms with Gasteiger partial charge in [-0.2, -0.15) is 0 Å². The van der Waals surface area contributed by atoms with Gasteiger partial charge in [-0.1, -0.05) is 0 Å². The van der Waals surface area contributed by atoms with Crippen molar-refractivity contribution in [3.8, 4) is 0 Å². The van der Waals surface area contributed by atoms with Gasteiger partial charge in [-0.3, -0.25) is 0 Å². The third-order valence-corrected chi connectivity index (χ3v) is 10.8. The van der Waals surface area contributed by atoms with Gasteiger partial charge < -0.3 is 9.52 Å².